The first-order valence-corrected chi connectivity index (χ1v) is 10.4. The molecule has 4 nitrogen and oxygen atoms in total. The van der Waals surface area contributed by atoms with E-state index >= 15 is 0 Å². The summed E-state index contributed by atoms with van der Waals surface area (Å²) in [5.74, 6) is 0.881. The van der Waals surface area contributed by atoms with Crippen molar-refractivity contribution in [3.05, 3.63) is 41.5 Å². The molecule has 0 unspecified atom stereocenters. The average molecular weight is 367 g/mol. The third-order valence-corrected chi connectivity index (χ3v) is 6.13. The van der Waals surface area contributed by atoms with Crippen LogP contribution in [0.1, 0.15) is 37.3 Å². The van der Waals surface area contributed by atoms with Crippen LogP contribution in [0.25, 0.3) is 0 Å². The lowest BCUT2D eigenvalue weighted by Crippen LogP contribution is -2.47. The first kappa shape index (κ1) is 19.9. The maximum atomic E-state index is 9.48. The molecule has 0 aliphatic carbocycles. The Morgan fingerprint density at radius 1 is 1.11 bits per heavy atom. The Balaban J connectivity index is 1.41. The van der Waals surface area contributed by atoms with Crippen LogP contribution in [0.5, 0.6) is 0 Å². The first-order chi connectivity index (χ1) is 13.1. The monoisotopic (exact) mass is 366 g/mol. The smallest absolute Gasteiger partial charge is 0.102 e. The van der Waals surface area contributed by atoms with Gasteiger partial charge >= 0.3 is 0 Å². The number of nitrogens with zero attached hydrogens (tertiary/aromatic N) is 4. The summed E-state index contributed by atoms with van der Waals surface area (Å²) in [5.41, 5.74) is 4.31. The summed E-state index contributed by atoms with van der Waals surface area (Å²) in [5, 5.41) is 9.48. The van der Waals surface area contributed by atoms with Crippen molar-refractivity contribution in [2.45, 2.75) is 33.1 Å². The fraction of sp³-hybridized carbons (Fsp3) is 0.609. The number of piperidine rings is 1. The SMILES string of the molecule is C=C(C)CN1CCC(CCN2CCN(c3cccc(C)c3C#N)CC2)CC1. The highest BCUT2D eigenvalue weighted by molar-refractivity contribution is 5.62. The van der Waals surface area contributed by atoms with Crippen molar-refractivity contribution in [2.24, 2.45) is 5.92 Å². The molecule has 0 spiro atoms. The molecule has 4 heteroatoms. The summed E-state index contributed by atoms with van der Waals surface area (Å²) in [4.78, 5) is 7.54. The largest absolute Gasteiger partial charge is 0.368 e. The number of hydrogen-bond acceptors (Lipinski definition) is 4. The summed E-state index contributed by atoms with van der Waals surface area (Å²) in [7, 11) is 0. The topological polar surface area (TPSA) is 33.5 Å². The van der Waals surface area contributed by atoms with Gasteiger partial charge in [0.25, 0.3) is 0 Å². The van der Waals surface area contributed by atoms with Crippen molar-refractivity contribution in [2.75, 3.05) is 57.3 Å². The zero-order chi connectivity index (χ0) is 19.2. The van der Waals surface area contributed by atoms with E-state index in [9.17, 15) is 5.26 Å². The van der Waals surface area contributed by atoms with Crippen LogP contribution in [0, 0.1) is 24.2 Å². The summed E-state index contributed by atoms with van der Waals surface area (Å²) in [6, 6.07) is 8.58. The molecule has 2 heterocycles. The number of hydrogen-bond donors (Lipinski definition) is 0. The summed E-state index contributed by atoms with van der Waals surface area (Å²) in [6.07, 6.45) is 4.00. The molecular formula is C23H34N4. The van der Waals surface area contributed by atoms with Gasteiger partial charge in [-0.3, -0.25) is 9.80 Å². The molecule has 2 aliphatic heterocycles. The van der Waals surface area contributed by atoms with Crippen LogP contribution >= 0.6 is 0 Å². The molecule has 146 valence electrons. The molecular weight excluding hydrogens is 332 g/mol. The Bertz CT molecular complexity index is 674. The molecule has 2 fully saturated rings. The van der Waals surface area contributed by atoms with E-state index in [1.807, 2.05) is 13.0 Å². The van der Waals surface area contributed by atoms with E-state index in [-0.39, 0.29) is 0 Å². The number of rotatable bonds is 6. The van der Waals surface area contributed by atoms with Gasteiger partial charge in [0, 0.05) is 32.7 Å². The van der Waals surface area contributed by atoms with Crippen LogP contribution in [0.4, 0.5) is 5.69 Å². The fourth-order valence-electron chi connectivity index (χ4n) is 4.45. The Morgan fingerprint density at radius 3 is 2.44 bits per heavy atom. The van der Waals surface area contributed by atoms with E-state index in [4.69, 9.17) is 0 Å². The number of benzene rings is 1. The Kier molecular flexibility index (Phi) is 6.93. The van der Waals surface area contributed by atoms with Crippen LogP contribution in [0.3, 0.4) is 0 Å². The lowest BCUT2D eigenvalue weighted by atomic mass is 9.93. The maximum absolute atomic E-state index is 9.48. The van der Waals surface area contributed by atoms with Gasteiger partial charge in [-0.2, -0.15) is 5.26 Å². The van der Waals surface area contributed by atoms with Gasteiger partial charge < -0.3 is 4.90 Å². The average Bonchev–Trinajstić information content (AvgIpc) is 2.67. The van der Waals surface area contributed by atoms with Gasteiger partial charge in [-0.25, -0.2) is 0 Å². The predicted octanol–water partition coefficient (Wildman–Crippen LogP) is 3.67. The molecule has 3 rings (SSSR count). The standard InChI is InChI=1S/C23H34N4/c1-19(2)18-26-11-8-21(9-12-26)7-10-25-13-15-27(16-14-25)23-6-4-5-20(3)22(23)17-24/h4-6,21H,1,7-16,18H2,2-3H3. The van der Waals surface area contributed by atoms with E-state index in [0.29, 0.717) is 0 Å². The third-order valence-electron chi connectivity index (χ3n) is 6.13. The normalized spacial score (nSPS) is 19.8. The molecule has 0 radical (unpaired) electrons. The van der Waals surface area contributed by atoms with Crippen LogP contribution in [-0.4, -0.2) is 62.2 Å². The number of piperazine rings is 1. The molecule has 1 aromatic carbocycles. The lowest BCUT2D eigenvalue weighted by molar-refractivity contribution is 0.170. The number of likely N-dealkylation sites (tertiary alicyclic amines) is 1. The van der Waals surface area contributed by atoms with E-state index in [1.165, 1.54) is 44.5 Å². The van der Waals surface area contributed by atoms with E-state index in [2.05, 4.69) is 46.4 Å². The van der Waals surface area contributed by atoms with Crippen molar-refractivity contribution in [3.63, 3.8) is 0 Å². The van der Waals surface area contributed by atoms with Gasteiger partial charge in [0.2, 0.25) is 0 Å². The van der Waals surface area contributed by atoms with Gasteiger partial charge in [0.15, 0.2) is 0 Å². The zero-order valence-electron chi connectivity index (χ0n) is 17.1. The second-order valence-electron chi connectivity index (χ2n) is 8.37. The van der Waals surface area contributed by atoms with Gasteiger partial charge in [-0.1, -0.05) is 24.3 Å². The Labute approximate surface area is 165 Å². The molecule has 0 aromatic heterocycles. The number of nitriles is 1. The summed E-state index contributed by atoms with van der Waals surface area (Å²) >= 11 is 0. The van der Waals surface area contributed by atoms with Crippen molar-refractivity contribution >= 4 is 5.69 Å². The maximum Gasteiger partial charge on any atom is 0.102 e. The quantitative estimate of drug-likeness (QED) is 0.720. The highest BCUT2D eigenvalue weighted by Crippen LogP contribution is 2.25. The molecule has 0 N–H and O–H groups in total. The second kappa shape index (κ2) is 9.39. The summed E-state index contributed by atoms with van der Waals surface area (Å²) < 4.78 is 0. The van der Waals surface area contributed by atoms with Crippen molar-refractivity contribution in [3.8, 4) is 6.07 Å². The van der Waals surface area contributed by atoms with Crippen LogP contribution in [-0.2, 0) is 0 Å². The minimum atomic E-state index is 0.840. The molecule has 0 saturated carbocycles. The zero-order valence-corrected chi connectivity index (χ0v) is 17.1. The molecule has 27 heavy (non-hydrogen) atoms. The van der Waals surface area contributed by atoms with Crippen LogP contribution in [0.15, 0.2) is 30.4 Å². The number of aryl methyl sites for hydroxylation is 1. The summed E-state index contributed by atoms with van der Waals surface area (Å²) in [6.45, 7) is 17.2. The molecule has 0 atom stereocenters. The minimum absolute atomic E-state index is 0.840. The van der Waals surface area contributed by atoms with Gasteiger partial charge in [0.1, 0.15) is 6.07 Å². The minimum Gasteiger partial charge on any atom is -0.368 e. The van der Waals surface area contributed by atoms with Crippen molar-refractivity contribution in [1.29, 1.82) is 5.26 Å². The highest BCUT2D eigenvalue weighted by atomic mass is 15.3. The molecule has 1 aromatic rings. The molecule has 2 aliphatic rings. The number of anilines is 1. The van der Waals surface area contributed by atoms with Crippen LogP contribution < -0.4 is 4.90 Å². The van der Waals surface area contributed by atoms with E-state index in [0.717, 1.165) is 55.5 Å². The Hall–Kier alpha value is -1.83. The lowest BCUT2D eigenvalue weighted by Gasteiger charge is -2.38. The van der Waals surface area contributed by atoms with E-state index < -0.39 is 0 Å². The van der Waals surface area contributed by atoms with Gasteiger partial charge in [0.05, 0.1) is 11.3 Å². The Morgan fingerprint density at radius 2 is 1.81 bits per heavy atom. The first-order valence-electron chi connectivity index (χ1n) is 10.4. The van der Waals surface area contributed by atoms with Crippen molar-refractivity contribution in [1.82, 2.24) is 9.80 Å². The van der Waals surface area contributed by atoms with Gasteiger partial charge in [-0.05, 0) is 70.3 Å². The second-order valence-corrected chi connectivity index (χ2v) is 8.37. The van der Waals surface area contributed by atoms with E-state index in [1.54, 1.807) is 0 Å². The van der Waals surface area contributed by atoms with Gasteiger partial charge in [-0.15, -0.1) is 0 Å². The van der Waals surface area contributed by atoms with Crippen molar-refractivity contribution < 1.29 is 0 Å². The highest BCUT2D eigenvalue weighted by Gasteiger charge is 2.22. The molecule has 0 bridgehead atoms. The molecule has 2 saturated heterocycles. The fourth-order valence-corrected chi connectivity index (χ4v) is 4.45. The van der Waals surface area contributed by atoms with Crippen LogP contribution in [0.2, 0.25) is 0 Å². The predicted molar refractivity (Wildman–Crippen MR) is 113 cm³/mol. The molecule has 0 amide bonds. The third kappa shape index (κ3) is 5.34.